The van der Waals surface area contributed by atoms with E-state index in [9.17, 15) is 4.79 Å². The number of carbonyl (C=O) groups excluding carboxylic acids is 1. The van der Waals surface area contributed by atoms with E-state index in [1.807, 2.05) is 23.1 Å². The van der Waals surface area contributed by atoms with Gasteiger partial charge in [0.2, 0.25) is 5.91 Å². The van der Waals surface area contributed by atoms with Crippen LogP contribution in [0.4, 0.5) is 0 Å². The molecule has 2 fully saturated rings. The summed E-state index contributed by atoms with van der Waals surface area (Å²) in [5.41, 5.74) is 1.18. The smallest absolute Gasteiger partial charge is 0.223 e. The summed E-state index contributed by atoms with van der Waals surface area (Å²) in [5.74, 6) is 0.997. The molecule has 2 aliphatic heterocycles. The van der Waals surface area contributed by atoms with E-state index >= 15 is 0 Å². The lowest BCUT2D eigenvalue weighted by Crippen LogP contribution is -2.43. The molecule has 120 valence electrons. The van der Waals surface area contributed by atoms with Crippen molar-refractivity contribution in [3.63, 3.8) is 0 Å². The zero-order valence-electron chi connectivity index (χ0n) is 13.2. The standard InChI is InChI=1S/C18H26N2O2/c21-18(7-6-15-8-10-19-11-9-15)20-12-13-22-14-17(20)16-4-2-1-3-5-16/h1-5,15,17,19H,6-14H2. The van der Waals surface area contributed by atoms with E-state index in [4.69, 9.17) is 4.74 Å². The number of rotatable bonds is 4. The van der Waals surface area contributed by atoms with E-state index in [1.165, 1.54) is 18.4 Å². The Bertz CT molecular complexity index is 471. The minimum atomic E-state index is 0.0791. The summed E-state index contributed by atoms with van der Waals surface area (Å²) >= 11 is 0. The first-order valence-electron chi connectivity index (χ1n) is 8.47. The van der Waals surface area contributed by atoms with Gasteiger partial charge in [-0.25, -0.2) is 0 Å². The minimum Gasteiger partial charge on any atom is -0.377 e. The molecule has 1 unspecified atom stereocenters. The lowest BCUT2D eigenvalue weighted by atomic mass is 9.92. The predicted molar refractivity (Wildman–Crippen MR) is 86.5 cm³/mol. The predicted octanol–water partition coefficient (Wildman–Crippen LogP) is 2.37. The molecule has 2 aliphatic rings. The van der Waals surface area contributed by atoms with Gasteiger partial charge in [-0.2, -0.15) is 0 Å². The lowest BCUT2D eigenvalue weighted by Gasteiger charge is -2.36. The third-order valence-corrected chi connectivity index (χ3v) is 4.86. The Kier molecular flexibility index (Phi) is 5.46. The van der Waals surface area contributed by atoms with Gasteiger partial charge in [-0.05, 0) is 43.8 Å². The van der Waals surface area contributed by atoms with Crippen LogP contribution in [0.25, 0.3) is 0 Å². The molecule has 1 N–H and O–H groups in total. The second-order valence-electron chi connectivity index (χ2n) is 6.32. The van der Waals surface area contributed by atoms with E-state index in [-0.39, 0.29) is 11.9 Å². The van der Waals surface area contributed by atoms with Gasteiger partial charge < -0.3 is 15.0 Å². The van der Waals surface area contributed by atoms with Crippen LogP contribution < -0.4 is 5.32 Å². The summed E-state index contributed by atoms with van der Waals surface area (Å²) in [5, 5.41) is 3.38. The molecule has 2 heterocycles. The summed E-state index contributed by atoms with van der Waals surface area (Å²) in [4.78, 5) is 14.7. The van der Waals surface area contributed by atoms with Crippen LogP contribution in [0.2, 0.25) is 0 Å². The van der Waals surface area contributed by atoms with Crippen LogP contribution in [0.1, 0.15) is 37.3 Å². The van der Waals surface area contributed by atoms with E-state index in [0.29, 0.717) is 32.1 Å². The molecule has 0 saturated carbocycles. The molecule has 22 heavy (non-hydrogen) atoms. The average molecular weight is 302 g/mol. The molecule has 2 saturated heterocycles. The third kappa shape index (κ3) is 3.87. The Morgan fingerprint density at radius 1 is 1.23 bits per heavy atom. The van der Waals surface area contributed by atoms with Gasteiger partial charge in [0.1, 0.15) is 0 Å². The van der Waals surface area contributed by atoms with Crippen LogP contribution in [0.15, 0.2) is 30.3 Å². The highest BCUT2D eigenvalue weighted by atomic mass is 16.5. The minimum absolute atomic E-state index is 0.0791. The molecular formula is C18H26N2O2. The van der Waals surface area contributed by atoms with Crippen LogP contribution in [-0.4, -0.2) is 43.7 Å². The van der Waals surface area contributed by atoms with Crippen LogP contribution in [0.3, 0.4) is 0 Å². The van der Waals surface area contributed by atoms with Gasteiger partial charge in [0.05, 0.1) is 19.3 Å². The van der Waals surface area contributed by atoms with Crippen molar-refractivity contribution >= 4 is 5.91 Å². The molecular weight excluding hydrogens is 276 g/mol. The Labute approximate surface area is 132 Å². The molecule has 1 aromatic carbocycles. The monoisotopic (exact) mass is 302 g/mol. The number of amides is 1. The highest BCUT2D eigenvalue weighted by Crippen LogP contribution is 2.26. The van der Waals surface area contributed by atoms with E-state index in [2.05, 4.69) is 17.4 Å². The number of ether oxygens (including phenoxy) is 1. The molecule has 0 aliphatic carbocycles. The summed E-state index contributed by atoms with van der Waals surface area (Å²) in [6, 6.07) is 10.3. The van der Waals surface area contributed by atoms with Gasteiger partial charge in [-0.15, -0.1) is 0 Å². The van der Waals surface area contributed by atoms with Crippen LogP contribution >= 0.6 is 0 Å². The second-order valence-corrected chi connectivity index (χ2v) is 6.32. The summed E-state index contributed by atoms with van der Waals surface area (Å²) < 4.78 is 5.61. The fourth-order valence-corrected chi connectivity index (χ4v) is 3.50. The Morgan fingerprint density at radius 3 is 2.77 bits per heavy atom. The van der Waals surface area contributed by atoms with E-state index < -0.39 is 0 Å². The first-order valence-corrected chi connectivity index (χ1v) is 8.47. The molecule has 0 bridgehead atoms. The van der Waals surface area contributed by atoms with Crippen molar-refractivity contribution in [1.29, 1.82) is 0 Å². The molecule has 3 rings (SSSR count). The summed E-state index contributed by atoms with van der Waals surface area (Å²) in [6.07, 6.45) is 4.12. The maximum Gasteiger partial charge on any atom is 0.223 e. The third-order valence-electron chi connectivity index (χ3n) is 4.86. The molecule has 0 aromatic heterocycles. The fraction of sp³-hybridized carbons (Fsp3) is 0.611. The molecule has 4 heteroatoms. The van der Waals surface area contributed by atoms with Gasteiger partial charge in [-0.1, -0.05) is 30.3 Å². The molecule has 1 aromatic rings. The maximum absolute atomic E-state index is 12.7. The zero-order chi connectivity index (χ0) is 15.2. The topological polar surface area (TPSA) is 41.6 Å². The molecule has 1 amide bonds. The average Bonchev–Trinajstić information content (AvgIpc) is 2.61. The number of hydrogen-bond donors (Lipinski definition) is 1. The van der Waals surface area contributed by atoms with Gasteiger partial charge in [-0.3, -0.25) is 4.79 Å². The van der Waals surface area contributed by atoms with Crippen molar-refractivity contribution in [1.82, 2.24) is 10.2 Å². The van der Waals surface area contributed by atoms with Crippen molar-refractivity contribution in [2.24, 2.45) is 5.92 Å². The van der Waals surface area contributed by atoms with E-state index in [1.54, 1.807) is 0 Å². The Morgan fingerprint density at radius 2 is 2.00 bits per heavy atom. The number of morpholine rings is 1. The van der Waals surface area contributed by atoms with Gasteiger partial charge in [0.25, 0.3) is 0 Å². The zero-order valence-corrected chi connectivity index (χ0v) is 13.2. The van der Waals surface area contributed by atoms with Gasteiger partial charge in [0.15, 0.2) is 0 Å². The highest BCUT2D eigenvalue weighted by molar-refractivity contribution is 5.76. The molecule has 4 nitrogen and oxygen atoms in total. The van der Waals surface area contributed by atoms with Gasteiger partial charge >= 0.3 is 0 Å². The lowest BCUT2D eigenvalue weighted by molar-refractivity contribution is -0.140. The largest absolute Gasteiger partial charge is 0.377 e. The first-order chi connectivity index (χ1) is 10.8. The quantitative estimate of drug-likeness (QED) is 0.928. The number of benzene rings is 1. The van der Waals surface area contributed by atoms with Gasteiger partial charge in [0, 0.05) is 13.0 Å². The Balaban J connectivity index is 1.59. The van der Waals surface area contributed by atoms with Crippen molar-refractivity contribution in [2.75, 3.05) is 32.8 Å². The molecule has 0 spiro atoms. The van der Waals surface area contributed by atoms with Crippen LogP contribution in [-0.2, 0) is 9.53 Å². The van der Waals surface area contributed by atoms with Crippen LogP contribution in [0, 0.1) is 5.92 Å². The number of nitrogens with zero attached hydrogens (tertiary/aromatic N) is 1. The normalized spacial score (nSPS) is 23.5. The SMILES string of the molecule is O=C(CCC1CCNCC1)N1CCOCC1c1ccccc1. The number of nitrogens with one attached hydrogen (secondary N) is 1. The van der Waals surface area contributed by atoms with Crippen molar-refractivity contribution in [3.05, 3.63) is 35.9 Å². The molecule has 1 atom stereocenters. The summed E-state index contributed by atoms with van der Waals surface area (Å²) in [6.45, 7) is 4.18. The van der Waals surface area contributed by atoms with Crippen LogP contribution in [0.5, 0.6) is 0 Å². The van der Waals surface area contributed by atoms with Crippen molar-refractivity contribution in [3.8, 4) is 0 Å². The number of piperidine rings is 1. The fourth-order valence-electron chi connectivity index (χ4n) is 3.50. The second kappa shape index (κ2) is 7.75. The van der Waals surface area contributed by atoms with E-state index in [0.717, 1.165) is 19.5 Å². The number of carbonyl (C=O) groups is 1. The maximum atomic E-state index is 12.7. The summed E-state index contributed by atoms with van der Waals surface area (Å²) in [7, 11) is 0. The van der Waals surface area contributed by atoms with Crippen molar-refractivity contribution in [2.45, 2.75) is 31.7 Å². The Hall–Kier alpha value is -1.39. The van der Waals surface area contributed by atoms with Crippen molar-refractivity contribution < 1.29 is 9.53 Å². The number of hydrogen-bond acceptors (Lipinski definition) is 3. The highest BCUT2D eigenvalue weighted by Gasteiger charge is 2.28. The first kappa shape index (κ1) is 15.5. The molecule has 0 radical (unpaired) electrons.